The molecule has 1 aromatic heterocycles. The minimum absolute atomic E-state index is 0.141. The molecule has 1 unspecified atom stereocenters. The molecule has 0 saturated heterocycles. The maximum Gasteiger partial charge on any atom is 0.263 e. The first-order chi connectivity index (χ1) is 15.5. The summed E-state index contributed by atoms with van der Waals surface area (Å²) in [6, 6.07) is 12.5. The maximum atomic E-state index is 12.9. The lowest BCUT2D eigenvalue weighted by molar-refractivity contribution is -0.138. The van der Waals surface area contributed by atoms with Gasteiger partial charge in [-0.25, -0.2) is 0 Å². The van der Waals surface area contributed by atoms with E-state index in [9.17, 15) is 4.79 Å². The Morgan fingerprint density at radius 3 is 2.44 bits per heavy atom. The topological polar surface area (TPSA) is 96.2 Å². The fourth-order valence-electron chi connectivity index (χ4n) is 3.09. The number of amides is 1. The Balaban J connectivity index is 1.69. The summed E-state index contributed by atoms with van der Waals surface area (Å²) in [4.78, 5) is 18.8. The molecule has 0 aliphatic carbocycles. The molecule has 0 radical (unpaired) electrons. The SMILES string of the molecule is CCC(Oc1cccc(OC)c1)C(=O)N(C)Cc1nc(-c2ccc(OC)cc2OC)no1. The molecule has 0 aliphatic heterocycles. The minimum Gasteiger partial charge on any atom is -0.497 e. The number of likely N-dealkylation sites (N-methyl/N-ethyl adjacent to an activating group) is 1. The molecule has 9 heteroatoms. The van der Waals surface area contributed by atoms with Gasteiger partial charge in [-0.1, -0.05) is 18.1 Å². The molecule has 1 amide bonds. The molecular weight excluding hydrogens is 414 g/mol. The molecular formula is C23H27N3O6. The van der Waals surface area contributed by atoms with Crippen LogP contribution in [0.1, 0.15) is 19.2 Å². The minimum atomic E-state index is -0.656. The lowest BCUT2D eigenvalue weighted by Gasteiger charge is -2.22. The van der Waals surface area contributed by atoms with Crippen molar-refractivity contribution < 1.29 is 28.3 Å². The van der Waals surface area contributed by atoms with Crippen LogP contribution in [0.3, 0.4) is 0 Å². The van der Waals surface area contributed by atoms with Crippen LogP contribution < -0.4 is 18.9 Å². The van der Waals surface area contributed by atoms with Gasteiger partial charge in [0.15, 0.2) is 6.10 Å². The first-order valence-electron chi connectivity index (χ1n) is 10.1. The van der Waals surface area contributed by atoms with Crippen LogP contribution in [0.4, 0.5) is 0 Å². The Labute approximate surface area is 186 Å². The number of hydrogen-bond donors (Lipinski definition) is 0. The van der Waals surface area contributed by atoms with Crippen LogP contribution in [0.5, 0.6) is 23.0 Å². The van der Waals surface area contributed by atoms with Gasteiger partial charge < -0.3 is 28.4 Å². The van der Waals surface area contributed by atoms with Crippen molar-refractivity contribution in [1.82, 2.24) is 15.0 Å². The van der Waals surface area contributed by atoms with Gasteiger partial charge in [-0.2, -0.15) is 4.98 Å². The fourth-order valence-corrected chi connectivity index (χ4v) is 3.09. The molecule has 3 aromatic rings. The summed E-state index contributed by atoms with van der Waals surface area (Å²) in [6.07, 6.45) is -0.158. The summed E-state index contributed by atoms with van der Waals surface area (Å²) in [5.41, 5.74) is 0.657. The van der Waals surface area contributed by atoms with E-state index in [1.807, 2.05) is 19.1 Å². The maximum absolute atomic E-state index is 12.9. The molecule has 170 valence electrons. The summed E-state index contributed by atoms with van der Waals surface area (Å²) in [5.74, 6) is 2.89. The summed E-state index contributed by atoms with van der Waals surface area (Å²) >= 11 is 0. The summed E-state index contributed by atoms with van der Waals surface area (Å²) < 4.78 is 27.1. The van der Waals surface area contributed by atoms with E-state index in [0.717, 1.165) is 0 Å². The van der Waals surface area contributed by atoms with Gasteiger partial charge in [-0.05, 0) is 30.7 Å². The smallest absolute Gasteiger partial charge is 0.263 e. The number of nitrogens with zero attached hydrogens (tertiary/aromatic N) is 3. The highest BCUT2D eigenvalue weighted by atomic mass is 16.5. The summed E-state index contributed by atoms with van der Waals surface area (Å²) in [5, 5.41) is 4.02. The number of carbonyl (C=O) groups excluding carboxylic acids is 1. The van der Waals surface area contributed by atoms with Gasteiger partial charge in [-0.3, -0.25) is 4.79 Å². The lowest BCUT2D eigenvalue weighted by atomic mass is 10.2. The van der Waals surface area contributed by atoms with Crippen LogP contribution in [-0.2, 0) is 11.3 Å². The monoisotopic (exact) mass is 441 g/mol. The van der Waals surface area contributed by atoms with E-state index < -0.39 is 6.10 Å². The van der Waals surface area contributed by atoms with E-state index in [4.69, 9.17) is 23.5 Å². The van der Waals surface area contributed by atoms with Gasteiger partial charge in [0.1, 0.15) is 23.0 Å². The van der Waals surface area contributed by atoms with Gasteiger partial charge in [0.05, 0.1) is 33.4 Å². The molecule has 32 heavy (non-hydrogen) atoms. The molecule has 1 atom stereocenters. The van der Waals surface area contributed by atoms with Crippen molar-refractivity contribution in [2.45, 2.75) is 26.0 Å². The predicted octanol–water partition coefficient (Wildman–Crippen LogP) is 3.58. The van der Waals surface area contributed by atoms with E-state index in [2.05, 4.69) is 10.1 Å². The van der Waals surface area contributed by atoms with E-state index >= 15 is 0 Å². The van der Waals surface area contributed by atoms with Crippen molar-refractivity contribution >= 4 is 5.91 Å². The Bertz CT molecular complexity index is 1050. The van der Waals surface area contributed by atoms with E-state index in [0.29, 0.717) is 46.7 Å². The zero-order valence-corrected chi connectivity index (χ0v) is 18.8. The molecule has 0 saturated carbocycles. The second kappa shape index (κ2) is 10.5. The third kappa shape index (κ3) is 5.29. The van der Waals surface area contributed by atoms with Crippen LogP contribution in [0.2, 0.25) is 0 Å². The van der Waals surface area contributed by atoms with Crippen LogP contribution >= 0.6 is 0 Å². The fraction of sp³-hybridized carbons (Fsp3) is 0.348. The third-order valence-corrected chi connectivity index (χ3v) is 4.83. The zero-order valence-electron chi connectivity index (χ0n) is 18.8. The summed E-state index contributed by atoms with van der Waals surface area (Å²) in [6.45, 7) is 2.03. The highest BCUT2D eigenvalue weighted by Gasteiger charge is 2.24. The first-order valence-corrected chi connectivity index (χ1v) is 10.1. The van der Waals surface area contributed by atoms with Crippen molar-refractivity contribution in [3.05, 3.63) is 48.4 Å². The van der Waals surface area contributed by atoms with Crippen molar-refractivity contribution in [3.63, 3.8) is 0 Å². The summed E-state index contributed by atoms with van der Waals surface area (Å²) in [7, 11) is 6.38. The van der Waals surface area contributed by atoms with Gasteiger partial charge in [0, 0.05) is 19.2 Å². The van der Waals surface area contributed by atoms with Gasteiger partial charge >= 0.3 is 0 Å². The highest BCUT2D eigenvalue weighted by molar-refractivity contribution is 5.81. The Morgan fingerprint density at radius 2 is 1.75 bits per heavy atom. The Hall–Kier alpha value is -3.75. The predicted molar refractivity (Wildman–Crippen MR) is 117 cm³/mol. The van der Waals surface area contributed by atoms with E-state index in [1.54, 1.807) is 58.7 Å². The van der Waals surface area contributed by atoms with Crippen LogP contribution in [0.25, 0.3) is 11.4 Å². The number of ether oxygens (including phenoxy) is 4. The van der Waals surface area contributed by atoms with Crippen molar-refractivity contribution in [3.8, 4) is 34.4 Å². The number of methoxy groups -OCH3 is 3. The van der Waals surface area contributed by atoms with Gasteiger partial charge in [0.2, 0.25) is 11.7 Å². The zero-order chi connectivity index (χ0) is 23.1. The second-order valence-corrected chi connectivity index (χ2v) is 6.97. The number of hydrogen-bond acceptors (Lipinski definition) is 8. The average molecular weight is 441 g/mol. The molecule has 3 rings (SSSR count). The number of aromatic nitrogens is 2. The first kappa shape index (κ1) is 22.9. The van der Waals surface area contributed by atoms with Crippen LogP contribution in [0, 0.1) is 0 Å². The van der Waals surface area contributed by atoms with Crippen molar-refractivity contribution in [1.29, 1.82) is 0 Å². The highest BCUT2D eigenvalue weighted by Crippen LogP contribution is 2.31. The lowest BCUT2D eigenvalue weighted by Crippen LogP contribution is -2.39. The van der Waals surface area contributed by atoms with Crippen molar-refractivity contribution in [2.24, 2.45) is 0 Å². The Morgan fingerprint density at radius 1 is 1.03 bits per heavy atom. The molecule has 0 spiro atoms. The van der Waals surface area contributed by atoms with E-state index in [-0.39, 0.29) is 12.5 Å². The number of rotatable bonds is 10. The van der Waals surface area contributed by atoms with Crippen LogP contribution in [0.15, 0.2) is 47.0 Å². The molecule has 0 N–H and O–H groups in total. The Kier molecular flexibility index (Phi) is 7.54. The molecule has 1 heterocycles. The van der Waals surface area contributed by atoms with Crippen LogP contribution in [-0.4, -0.2) is 55.4 Å². The normalized spacial score (nSPS) is 11.5. The largest absolute Gasteiger partial charge is 0.497 e. The molecule has 9 nitrogen and oxygen atoms in total. The molecule has 0 fully saturated rings. The van der Waals surface area contributed by atoms with E-state index in [1.165, 1.54) is 4.90 Å². The number of benzene rings is 2. The second-order valence-electron chi connectivity index (χ2n) is 6.97. The quantitative estimate of drug-likeness (QED) is 0.471. The standard InChI is InChI=1S/C23H27N3O6/c1-6-19(31-17-9-7-8-15(12-17)28-3)23(27)26(2)14-21-24-22(25-32-21)18-11-10-16(29-4)13-20(18)30-5/h7-13,19H,6,14H2,1-5H3. The number of carbonyl (C=O) groups is 1. The van der Waals surface area contributed by atoms with Gasteiger partial charge in [-0.15, -0.1) is 0 Å². The molecule has 0 bridgehead atoms. The van der Waals surface area contributed by atoms with Crippen molar-refractivity contribution in [2.75, 3.05) is 28.4 Å². The molecule has 2 aromatic carbocycles. The van der Waals surface area contributed by atoms with Gasteiger partial charge in [0.25, 0.3) is 5.91 Å². The third-order valence-electron chi connectivity index (χ3n) is 4.83. The average Bonchev–Trinajstić information content (AvgIpc) is 3.29. The molecule has 0 aliphatic rings.